The topological polar surface area (TPSA) is 79.3 Å². The molecule has 102 valence electrons. The number of carboxylic acids is 1. The molecule has 1 heterocycles. The van der Waals surface area contributed by atoms with Crippen LogP contribution in [0.3, 0.4) is 0 Å². The molecule has 5 nitrogen and oxygen atoms in total. The highest BCUT2D eigenvalue weighted by Crippen LogP contribution is 2.24. The molecule has 19 heavy (non-hydrogen) atoms. The third-order valence-electron chi connectivity index (χ3n) is 3.36. The molecule has 6 heteroatoms. The highest BCUT2D eigenvalue weighted by atomic mass is 79.9. The molecule has 1 aromatic heterocycles. The largest absolute Gasteiger partial charge is 0.481 e. The highest BCUT2D eigenvalue weighted by Gasteiger charge is 2.27. The van der Waals surface area contributed by atoms with Crippen LogP contribution in [0.1, 0.15) is 36.2 Å². The SMILES string of the molecule is O=C(NC1CCC(C(=O)O)CC1)c1cccc(Br)n1. The van der Waals surface area contributed by atoms with E-state index in [1.165, 1.54) is 0 Å². The van der Waals surface area contributed by atoms with Gasteiger partial charge >= 0.3 is 5.97 Å². The van der Waals surface area contributed by atoms with Crippen LogP contribution in [0.2, 0.25) is 0 Å². The van der Waals surface area contributed by atoms with Crippen molar-refractivity contribution < 1.29 is 14.7 Å². The summed E-state index contributed by atoms with van der Waals surface area (Å²) in [5.74, 6) is -1.21. The maximum Gasteiger partial charge on any atom is 0.306 e. The van der Waals surface area contributed by atoms with Gasteiger partial charge in [-0.15, -0.1) is 0 Å². The minimum absolute atomic E-state index is 0.0453. The van der Waals surface area contributed by atoms with Gasteiger partial charge in [0, 0.05) is 6.04 Å². The Hall–Kier alpha value is -1.43. The van der Waals surface area contributed by atoms with E-state index in [-0.39, 0.29) is 17.9 Å². The van der Waals surface area contributed by atoms with Gasteiger partial charge in [0.2, 0.25) is 0 Å². The molecule has 1 aliphatic rings. The van der Waals surface area contributed by atoms with E-state index in [2.05, 4.69) is 26.2 Å². The number of pyridine rings is 1. The number of nitrogens with one attached hydrogen (secondary N) is 1. The van der Waals surface area contributed by atoms with Gasteiger partial charge in [-0.2, -0.15) is 0 Å². The van der Waals surface area contributed by atoms with Crippen LogP contribution in [-0.2, 0) is 4.79 Å². The van der Waals surface area contributed by atoms with Crippen LogP contribution in [0.25, 0.3) is 0 Å². The highest BCUT2D eigenvalue weighted by molar-refractivity contribution is 9.10. The molecule has 1 fully saturated rings. The Labute approximate surface area is 119 Å². The Morgan fingerprint density at radius 3 is 2.53 bits per heavy atom. The lowest BCUT2D eigenvalue weighted by molar-refractivity contribution is -0.142. The van der Waals surface area contributed by atoms with Gasteiger partial charge in [0.25, 0.3) is 5.91 Å². The summed E-state index contributed by atoms with van der Waals surface area (Å²) in [4.78, 5) is 26.9. The molecule has 0 saturated heterocycles. The smallest absolute Gasteiger partial charge is 0.306 e. The van der Waals surface area contributed by atoms with Crippen LogP contribution in [-0.4, -0.2) is 28.0 Å². The summed E-state index contributed by atoms with van der Waals surface area (Å²) in [6, 6.07) is 5.22. The van der Waals surface area contributed by atoms with Crippen molar-refractivity contribution in [1.82, 2.24) is 10.3 Å². The first kappa shape index (κ1) is 14.0. The molecule has 0 unspecified atom stereocenters. The molecule has 0 aliphatic heterocycles. The molecule has 0 radical (unpaired) electrons. The van der Waals surface area contributed by atoms with Gasteiger partial charge in [-0.05, 0) is 53.7 Å². The molecule has 1 amide bonds. The Morgan fingerprint density at radius 2 is 1.95 bits per heavy atom. The minimum Gasteiger partial charge on any atom is -0.481 e. The number of halogens is 1. The molecule has 1 saturated carbocycles. The normalized spacial score (nSPS) is 22.8. The standard InChI is InChI=1S/C13H15BrN2O3/c14-11-3-1-2-10(16-11)12(17)15-9-6-4-8(5-7-9)13(18)19/h1-3,8-9H,4-7H2,(H,15,17)(H,18,19). The second-order valence-electron chi connectivity index (χ2n) is 4.71. The minimum atomic E-state index is -0.738. The first-order valence-electron chi connectivity index (χ1n) is 6.22. The summed E-state index contributed by atoms with van der Waals surface area (Å²) in [5, 5.41) is 11.8. The first-order valence-corrected chi connectivity index (χ1v) is 7.02. The zero-order valence-electron chi connectivity index (χ0n) is 10.3. The van der Waals surface area contributed by atoms with Crippen LogP contribution in [0.15, 0.2) is 22.8 Å². The van der Waals surface area contributed by atoms with Gasteiger partial charge in [0.15, 0.2) is 0 Å². The van der Waals surface area contributed by atoms with Gasteiger partial charge < -0.3 is 10.4 Å². The molecule has 2 rings (SSSR count). The molecule has 2 N–H and O–H groups in total. The van der Waals surface area contributed by atoms with E-state index in [1.807, 2.05) is 0 Å². The van der Waals surface area contributed by atoms with E-state index < -0.39 is 5.97 Å². The third kappa shape index (κ3) is 3.76. The number of carboxylic acid groups (broad SMARTS) is 1. The Bertz CT molecular complexity index is 485. The summed E-state index contributed by atoms with van der Waals surface area (Å²) >= 11 is 3.22. The summed E-state index contributed by atoms with van der Waals surface area (Å²) < 4.78 is 0.620. The summed E-state index contributed by atoms with van der Waals surface area (Å²) in [6.45, 7) is 0. The van der Waals surface area contributed by atoms with Crippen LogP contribution in [0.4, 0.5) is 0 Å². The fourth-order valence-electron chi connectivity index (χ4n) is 2.28. The predicted molar refractivity (Wildman–Crippen MR) is 72.8 cm³/mol. The molecular weight excluding hydrogens is 312 g/mol. The van der Waals surface area contributed by atoms with E-state index in [4.69, 9.17) is 5.11 Å². The van der Waals surface area contributed by atoms with Crippen molar-refractivity contribution >= 4 is 27.8 Å². The fourth-order valence-corrected chi connectivity index (χ4v) is 2.62. The number of rotatable bonds is 3. The van der Waals surface area contributed by atoms with Gasteiger partial charge in [0.1, 0.15) is 10.3 Å². The van der Waals surface area contributed by atoms with Crippen molar-refractivity contribution in [1.29, 1.82) is 0 Å². The number of aliphatic carboxylic acids is 1. The van der Waals surface area contributed by atoms with Gasteiger partial charge in [-0.1, -0.05) is 6.07 Å². The second kappa shape index (κ2) is 6.14. The van der Waals surface area contributed by atoms with E-state index in [9.17, 15) is 9.59 Å². The molecule has 0 atom stereocenters. The molecule has 1 aromatic rings. The second-order valence-corrected chi connectivity index (χ2v) is 5.52. The average Bonchev–Trinajstić information content (AvgIpc) is 2.39. The van der Waals surface area contributed by atoms with Crippen molar-refractivity contribution in [3.8, 4) is 0 Å². The molecule has 0 aromatic carbocycles. The number of carbonyl (C=O) groups is 2. The van der Waals surface area contributed by atoms with Crippen LogP contribution in [0, 0.1) is 5.92 Å². The Balaban J connectivity index is 1.89. The fraction of sp³-hybridized carbons (Fsp3) is 0.462. The third-order valence-corrected chi connectivity index (χ3v) is 3.80. The lowest BCUT2D eigenvalue weighted by Crippen LogP contribution is -2.39. The molecule has 0 spiro atoms. The van der Waals surface area contributed by atoms with Crippen LogP contribution < -0.4 is 5.32 Å². The van der Waals surface area contributed by atoms with Crippen molar-refractivity contribution in [2.45, 2.75) is 31.7 Å². The quantitative estimate of drug-likeness (QED) is 0.835. The lowest BCUT2D eigenvalue weighted by Gasteiger charge is -2.26. The number of aromatic nitrogens is 1. The Morgan fingerprint density at radius 1 is 1.26 bits per heavy atom. The summed E-state index contributed by atoms with van der Waals surface area (Å²) in [6.07, 6.45) is 2.64. The van der Waals surface area contributed by atoms with Gasteiger partial charge in [-0.3, -0.25) is 9.59 Å². The van der Waals surface area contributed by atoms with Crippen molar-refractivity contribution in [2.75, 3.05) is 0 Å². The first-order chi connectivity index (χ1) is 9.06. The number of nitrogens with zero attached hydrogens (tertiary/aromatic N) is 1. The van der Waals surface area contributed by atoms with E-state index in [0.29, 0.717) is 36.0 Å². The number of amides is 1. The maximum atomic E-state index is 12.0. The van der Waals surface area contributed by atoms with Crippen LogP contribution >= 0.6 is 15.9 Å². The lowest BCUT2D eigenvalue weighted by atomic mass is 9.86. The van der Waals surface area contributed by atoms with Crippen molar-refractivity contribution in [3.63, 3.8) is 0 Å². The molecular formula is C13H15BrN2O3. The average molecular weight is 327 g/mol. The van der Waals surface area contributed by atoms with E-state index in [1.54, 1.807) is 18.2 Å². The summed E-state index contributed by atoms with van der Waals surface area (Å²) in [5.41, 5.74) is 0.370. The van der Waals surface area contributed by atoms with E-state index >= 15 is 0 Å². The Kier molecular flexibility index (Phi) is 4.52. The zero-order chi connectivity index (χ0) is 13.8. The van der Waals surface area contributed by atoms with Gasteiger partial charge in [0.05, 0.1) is 5.92 Å². The van der Waals surface area contributed by atoms with Crippen molar-refractivity contribution in [2.24, 2.45) is 5.92 Å². The van der Waals surface area contributed by atoms with Crippen LogP contribution in [0.5, 0.6) is 0 Å². The molecule has 0 bridgehead atoms. The predicted octanol–water partition coefficient (Wildman–Crippen LogP) is 2.22. The van der Waals surface area contributed by atoms with E-state index in [0.717, 1.165) is 0 Å². The zero-order valence-corrected chi connectivity index (χ0v) is 11.9. The summed E-state index contributed by atoms with van der Waals surface area (Å²) in [7, 11) is 0. The maximum absolute atomic E-state index is 12.0. The number of hydrogen-bond donors (Lipinski definition) is 2. The molecule has 1 aliphatic carbocycles. The number of carbonyl (C=O) groups excluding carboxylic acids is 1. The van der Waals surface area contributed by atoms with Crippen molar-refractivity contribution in [3.05, 3.63) is 28.5 Å². The number of hydrogen-bond acceptors (Lipinski definition) is 3. The van der Waals surface area contributed by atoms with Gasteiger partial charge in [-0.25, -0.2) is 4.98 Å². The monoisotopic (exact) mass is 326 g/mol.